The van der Waals surface area contributed by atoms with E-state index in [9.17, 15) is 13.2 Å². The molecule has 4 nitrogen and oxygen atoms in total. The first-order chi connectivity index (χ1) is 8.76. The molecule has 1 saturated heterocycles. The van der Waals surface area contributed by atoms with Crippen molar-refractivity contribution in [2.75, 3.05) is 5.75 Å². The van der Waals surface area contributed by atoms with E-state index in [1.165, 1.54) is 10.4 Å². The second kappa shape index (κ2) is 3.62. The van der Waals surface area contributed by atoms with Gasteiger partial charge in [0.15, 0.2) is 0 Å². The zero-order valence-corrected chi connectivity index (χ0v) is 12.5. The van der Waals surface area contributed by atoms with Gasteiger partial charge in [-0.3, -0.25) is 4.79 Å². The van der Waals surface area contributed by atoms with Gasteiger partial charge in [0.1, 0.15) is 0 Å². The zero-order valence-electron chi connectivity index (χ0n) is 11.7. The van der Waals surface area contributed by atoms with Crippen molar-refractivity contribution in [2.24, 2.45) is 16.7 Å². The lowest BCUT2D eigenvalue weighted by atomic mass is 9.69. The zero-order chi connectivity index (χ0) is 14.1. The smallest absolute Gasteiger partial charge is 0.259 e. The van der Waals surface area contributed by atoms with Crippen LogP contribution in [0.2, 0.25) is 0 Å². The Morgan fingerprint density at radius 2 is 2.05 bits per heavy atom. The van der Waals surface area contributed by atoms with E-state index >= 15 is 0 Å². The molecule has 0 N–H and O–H groups in total. The van der Waals surface area contributed by atoms with Crippen LogP contribution in [-0.4, -0.2) is 30.4 Å². The molecule has 1 heterocycles. The van der Waals surface area contributed by atoms with Crippen molar-refractivity contribution in [2.45, 2.75) is 46.1 Å². The number of rotatable bonds is 1. The van der Waals surface area contributed by atoms with Crippen LogP contribution in [0.15, 0.2) is 12.2 Å². The Hall–Kier alpha value is -0.840. The lowest BCUT2D eigenvalue weighted by molar-refractivity contribution is -0.124. The van der Waals surface area contributed by atoms with E-state index in [0.717, 1.165) is 19.3 Å². The topological polar surface area (TPSA) is 54.5 Å². The number of carbonyl (C=O) groups is 1. The third kappa shape index (κ3) is 1.40. The number of allylic oxidation sites excluding steroid dienone is 1. The van der Waals surface area contributed by atoms with E-state index in [1.807, 2.05) is 0 Å². The highest BCUT2D eigenvalue weighted by atomic mass is 32.2. The van der Waals surface area contributed by atoms with Crippen molar-refractivity contribution in [1.82, 2.24) is 4.31 Å². The average molecular weight is 283 g/mol. The molecule has 3 aliphatic rings. The van der Waals surface area contributed by atoms with Gasteiger partial charge in [-0.25, -0.2) is 12.7 Å². The quantitative estimate of drug-likeness (QED) is 0.691. The Balaban J connectivity index is 2.09. The molecule has 0 unspecified atom stereocenters. The largest absolute Gasteiger partial charge is 0.269 e. The molecule has 3 fully saturated rings. The summed E-state index contributed by atoms with van der Waals surface area (Å²) in [5, 5.41) is 0. The SMILES string of the molecule is C/C=C/C(=O)N1[C@@H]2C[C@@H]3CC[C@@]2(CS1(=O)=O)C3(C)C. The van der Waals surface area contributed by atoms with Gasteiger partial charge in [-0.1, -0.05) is 19.9 Å². The Bertz CT molecular complexity index is 563. The number of sulfonamides is 1. The Kier molecular flexibility index (Phi) is 2.51. The highest BCUT2D eigenvalue weighted by Gasteiger charge is 2.72. The molecule has 2 saturated carbocycles. The maximum absolute atomic E-state index is 12.4. The molecule has 1 amide bonds. The van der Waals surface area contributed by atoms with Crippen LogP contribution < -0.4 is 0 Å². The van der Waals surface area contributed by atoms with E-state index in [-0.39, 0.29) is 28.5 Å². The van der Waals surface area contributed by atoms with Gasteiger partial charge in [0.05, 0.1) is 11.8 Å². The molecular weight excluding hydrogens is 262 g/mol. The predicted molar refractivity (Wildman–Crippen MR) is 72.8 cm³/mol. The van der Waals surface area contributed by atoms with Crippen LogP contribution >= 0.6 is 0 Å². The Labute approximate surface area is 114 Å². The highest BCUT2D eigenvalue weighted by Crippen LogP contribution is 2.69. The minimum absolute atomic E-state index is 0.0235. The molecule has 0 aromatic carbocycles. The summed E-state index contributed by atoms with van der Waals surface area (Å²) in [6.45, 7) is 6.11. The average Bonchev–Trinajstić information content (AvgIpc) is 2.75. The van der Waals surface area contributed by atoms with Gasteiger partial charge in [-0.2, -0.15) is 0 Å². The van der Waals surface area contributed by atoms with Crippen molar-refractivity contribution in [3.05, 3.63) is 12.2 Å². The van der Waals surface area contributed by atoms with Crippen LogP contribution in [0.1, 0.15) is 40.0 Å². The number of hydrogen-bond donors (Lipinski definition) is 0. The number of carbonyl (C=O) groups excluding carboxylic acids is 1. The van der Waals surface area contributed by atoms with E-state index in [2.05, 4.69) is 13.8 Å². The normalized spacial score (nSPS) is 41.9. The molecular formula is C14H21NO3S. The second-order valence-electron chi connectivity index (χ2n) is 6.76. The summed E-state index contributed by atoms with van der Waals surface area (Å²) in [6.07, 6.45) is 5.87. The number of fused-ring (bicyclic) bond motifs is 1. The van der Waals surface area contributed by atoms with Crippen molar-refractivity contribution in [1.29, 1.82) is 0 Å². The second-order valence-corrected chi connectivity index (χ2v) is 8.60. The van der Waals surface area contributed by atoms with Crippen LogP contribution in [0.3, 0.4) is 0 Å². The number of nitrogens with zero attached hydrogens (tertiary/aromatic N) is 1. The van der Waals surface area contributed by atoms with Gasteiger partial charge in [0.2, 0.25) is 10.0 Å². The molecule has 19 heavy (non-hydrogen) atoms. The summed E-state index contributed by atoms with van der Waals surface area (Å²) < 4.78 is 26.1. The summed E-state index contributed by atoms with van der Waals surface area (Å²) in [7, 11) is -3.45. The summed E-state index contributed by atoms with van der Waals surface area (Å²) in [5.74, 6) is 0.332. The van der Waals surface area contributed by atoms with Gasteiger partial charge in [0.25, 0.3) is 5.91 Å². The summed E-state index contributed by atoms with van der Waals surface area (Å²) in [5.41, 5.74) is -0.191. The van der Waals surface area contributed by atoms with Crippen molar-refractivity contribution in [3.8, 4) is 0 Å². The Morgan fingerprint density at radius 1 is 1.37 bits per heavy atom. The van der Waals surface area contributed by atoms with Crippen LogP contribution in [0.4, 0.5) is 0 Å². The fourth-order valence-corrected chi connectivity index (χ4v) is 7.30. The van der Waals surface area contributed by atoms with Gasteiger partial charge in [-0.15, -0.1) is 0 Å². The fourth-order valence-electron chi connectivity index (χ4n) is 4.80. The minimum atomic E-state index is -3.45. The van der Waals surface area contributed by atoms with Gasteiger partial charge < -0.3 is 0 Å². The first-order valence-corrected chi connectivity index (χ1v) is 8.56. The van der Waals surface area contributed by atoms with E-state index in [4.69, 9.17) is 0 Å². The van der Waals surface area contributed by atoms with Crippen molar-refractivity contribution < 1.29 is 13.2 Å². The first-order valence-electron chi connectivity index (χ1n) is 6.95. The fraction of sp³-hybridized carbons (Fsp3) is 0.786. The van der Waals surface area contributed by atoms with Gasteiger partial charge >= 0.3 is 0 Å². The molecule has 0 aromatic rings. The predicted octanol–water partition coefficient (Wildman–Crippen LogP) is 1.93. The molecule has 3 rings (SSSR count). The van der Waals surface area contributed by atoms with E-state index in [0.29, 0.717) is 5.92 Å². The molecule has 1 aliphatic heterocycles. The third-order valence-corrected chi connectivity index (χ3v) is 7.85. The molecule has 1 spiro atoms. The van der Waals surface area contributed by atoms with Crippen LogP contribution in [0.25, 0.3) is 0 Å². The lowest BCUT2D eigenvalue weighted by Gasteiger charge is -2.36. The van der Waals surface area contributed by atoms with Crippen molar-refractivity contribution >= 4 is 15.9 Å². The maximum Gasteiger partial charge on any atom is 0.259 e. The third-order valence-electron chi connectivity index (χ3n) is 5.94. The molecule has 3 atom stereocenters. The van der Waals surface area contributed by atoms with Crippen LogP contribution in [0.5, 0.6) is 0 Å². The highest BCUT2D eigenvalue weighted by molar-refractivity contribution is 7.90. The molecule has 106 valence electrons. The summed E-state index contributed by atoms with van der Waals surface area (Å²) in [4.78, 5) is 12.1. The number of hydrogen-bond acceptors (Lipinski definition) is 3. The summed E-state index contributed by atoms with van der Waals surface area (Å²) in [6, 6.07) is -0.116. The van der Waals surface area contributed by atoms with Gasteiger partial charge in [0, 0.05) is 5.41 Å². The standard InChI is InChI=1S/C14H21NO3S/c1-4-5-12(16)15-11-8-10-6-7-14(11,13(10,2)3)9-19(15,17)18/h4-5,10-11H,6-9H2,1-3H3/b5-4+/t10-,11+,14-/m0/s1. The van der Waals surface area contributed by atoms with E-state index in [1.54, 1.807) is 13.0 Å². The first kappa shape index (κ1) is 13.2. The molecule has 5 heteroatoms. The maximum atomic E-state index is 12.4. The lowest BCUT2D eigenvalue weighted by Crippen LogP contribution is -2.43. The Morgan fingerprint density at radius 3 is 2.63 bits per heavy atom. The molecule has 2 aliphatic carbocycles. The molecule has 2 bridgehead atoms. The number of amides is 1. The molecule has 0 radical (unpaired) electrons. The minimum Gasteiger partial charge on any atom is -0.269 e. The molecule has 0 aromatic heterocycles. The van der Waals surface area contributed by atoms with E-state index < -0.39 is 10.0 Å². The monoisotopic (exact) mass is 283 g/mol. The van der Waals surface area contributed by atoms with Crippen molar-refractivity contribution in [3.63, 3.8) is 0 Å². The van der Waals surface area contributed by atoms with Crippen LogP contribution in [-0.2, 0) is 14.8 Å². The van der Waals surface area contributed by atoms with Gasteiger partial charge in [-0.05, 0) is 43.6 Å². The van der Waals surface area contributed by atoms with Crippen LogP contribution in [0, 0.1) is 16.7 Å². The summed E-state index contributed by atoms with van der Waals surface area (Å²) >= 11 is 0.